The van der Waals surface area contributed by atoms with Crippen LogP contribution in [-0.2, 0) is 4.79 Å². The first-order valence-corrected chi connectivity index (χ1v) is 6.94. The third kappa shape index (κ3) is 5.96. The second-order valence-corrected chi connectivity index (χ2v) is 5.58. The summed E-state index contributed by atoms with van der Waals surface area (Å²) in [5, 5.41) is 30.9. The van der Waals surface area contributed by atoms with Gasteiger partial charge in [0.25, 0.3) is 0 Å². The summed E-state index contributed by atoms with van der Waals surface area (Å²) in [6, 6.07) is 0. The highest BCUT2D eigenvalue weighted by Gasteiger charge is 2.15. The van der Waals surface area contributed by atoms with Crippen molar-refractivity contribution in [3.8, 4) is 0 Å². The number of aryl methyl sites for hydroxylation is 1. The number of nitrogens with zero attached hydrogens (tertiary/aromatic N) is 1. The third-order valence-corrected chi connectivity index (χ3v) is 3.52. The van der Waals surface area contributed by atoms with Gasteiger partial charge in [0.1, 0.15) is 0 Å². The number of aliphatic hydroxyl groups is 2. The van der Waals surface area contributed by atoms with Crippen molar-refractivity contribution >= 4 is 23.4 Å². The zero-order chi connectivity index (χ0) is 14.4. The van der Waals surface area contributed by atoms with Crippen LogP contribution in [0.3, 0.4) is 0 Å². The lowest BCUT2D eigenvalue weighted by atomic mass is 10.0. The van der Waals surface area contributed by atoms with Crippen molar-refractivity contribution in [3.63, 3.8) is 0 Å². The fraction of sp³-hybridized carbons (Fsp3) is 0.538. The summed E-state index contributed by atoms with van der Waals surface area (Å²) >= 11 is 1.53. The Hall–Kier alpha value is -1.24. The Morgan fingerprint density at radius 1 is 1.53 bits per heavy atom. The molecule has 5 nitrogen and oxygen atoms in total. The maximum atomic E-state index is 10.4. The van der Waals surface area contributed by atoms with Gasteiger partial charge in [-0.2, -0.15) is 0 Å². The van der Waals surface area contributed by atoms with Crippen LogP contribution in [0.2, 0.25) is 0 Å². The molecule has 1 rings (SSSR count). The predicted octanol–water partition coefficient (Wildman–Crippen LogP) is 1.83. The highest BCUT2D eigenvalue weighted by atomic mass is 32.1. The summed E-state index contributed by atoms with van der Waals surface area (Å²) in [4.78, 5) is 14.6. The van der Waals surface area contributed by atoms with Crippen molar-refractivity contribution in [1.82, 2.24) is 4.98 Å². The Labute approximate surface area is 116 Å². The van der Waals surface area contributed by atoms with Crippen LogP contribution in [0.5, 0.6) is 0 Å². The summed E-state index contributed by atoms with van der Waals surface area (Å²) in [6.45, 7) is 3.67. The average Bonchev–Trinajstić information content (AvgIpc) is 2.72. The molecular weight excluding hydrogens is 266 g/mol. The van der Waals surface area contributed by atoms with E-state index in [1.165, 1.54) is 11.3 Å². The van der Waals surface area contributed by atoms with Gasteiger partial charge in [-0.05, 0) is 31.9 Å². The Morgan fingerprint density at radius 3 is 2.74 bits per heavy atom. The van der Waals surface area contributed by atoms with Crippen molar-refractivity contribution in [2.75, 3.05) is 0 Å². The Balaban J connectivity index is 2.50. The van der Waals surface area contributed by atoms with E-state index in [1.54, 1.807) is 13.0 Å². The minimum atomic E-state index is -0.946. The van der Waals surface area contributed by atoms with E-state index in [0.29, 0.717) is 5.57 Å². The highest BCUT2D eigenvalue weighted by molar-refractivity contribution is 7.09. The van der Waals surface area contributed by atoms with Gasteiger partial charge in [-0.3, -0.25) is 4.79 Å². The lowest BCUT2D eigenvalue weighted by Crippen LogP contribution is -2.19. The molecule has 106 valence electrons. The molecule has 2 atom stereocenters. The molecule has 0 bridgehead atoms. The number of rotatable bonds is 7. The van der Waals surface area contributed by atoms with E-state index in [-0.39, 0.29) is 19.3 Å². The van der Waals surface area contributed by atoms with Crippen LogP contribution in [0, 0.1) is 6.92 Å². The summed E-state index contributed by atoms with van der Waals surface area (Å²) < 4.78 is 0. The summed E-state index contributed by atoms with van der Waals surface area (Å²) in [5.74, 6) is -0.946. The first-order chi connectivity index (χ1) is 8.88. The highest BCUT2D eigenvalue weighted by Crippen LogP contribution is 2.16. The smallest absolute Gasteiger partial charge is 0.303 e. The second-order valence-electron chi connectivity index (χ2n) is 4.52. The van der Waals surface area contributed by atoms with E-state index in [0.717, 1.165) is 10.7 Å². The van der Waals surface area contributed by atoms with Crippen LogP contribution in [0.15, 0.2) is 11.0 Å². The molecule has 0 unspecified atom stereocenters. The fourth-order valence-electron chi connectivity index (χ4n) is 1.63. The SMILES string of the molecule is CC(=Cc1csc(C)n1)[C@H](O)C[C@H](O)CCC(=O)O. The van der Waals surface area contributed by atoms with E-state index >= 15 is 0 Å². The molecular formula is C13H19NO4S. The number of hydrogen-bond donors (Lipinski definition) is 3. The molecule has 0 aliphatic carbocycles. The Bertz CT molecular complexity index is 455. The zero-order valence-electron chi connectivity index (χ0n) is 11.0. The molecule has 6 heteroatoms. The zero-order valence-corrected chi connectivity index (χ0v) is 11.9. The first-order valence-electron chi connectivity index (χ1n) is 6.06. The van der Waals surface area contributed by atoms with E-state index < -0.39 is 18.2 Å². The van der Waals surface area contributed by atoms with Gasteiger partial charge in [-0.15, -0.1) is 11.3 Å². The molecule has 0 fully saturated rings. The molecule has 0 saturated heterocycles. The minimum Gasteiger partial charge on any atom is -0.481 e. The van der Waals surface area contributed by atoms with Crippen LogP contribution < -0.4 is 0 Å². The predicted molar refractivity (Wildman–Crippen MR) is 74.0 cm³/mol. The number of hydrogen-bond acceptors (Lipinski definition) is 5. The fourth-order valence-corrected chi connectivity index (χ4v) is 2.20. The van der Waals surface area contributed by atoms with Crippen molar-refractivity contribution in [3.05, 3.63) is 21.7 Å². The minimum absolute atomic E-state index is 0.0953. The van der Waals surface area contributed by atoms with E-state index in [1.807, 2.05) is 12.3 Å². The van der Waals surface area contributed by atoms with Crippen LogP contribution in [0.1, 0.15) is 36.9 Å². The number of thiazole rings is 1. The summed E-state index contributed by atoms with van der Waals surface area (Å²) in [7, 11) is 0. The molecule has 1 heterocycles. The van der Waals surface area contributed by atoms with Gasteiger partial charge in [-0.25, -0.2) is 4.98 Å². The summed E-state index contributed by atoms with van der Waals surface area (Å²) in [6.07, 6.45) is 0.367. The van der Waals surface area contributed by atoms with E-state index in [4.69, 9.17) is 5.11 Å². The topological polar surface area (TPSA) is 90.7 Å². The van der Waals surface area contributed by atoms with Crippen molar-refractivity contribution in [1.29, 1.82) is 0 Å². The number of carboxylic acid groups (broad SMARTS) is 1. The number of aliphatic hydroxyl groups excluding tert-OH is 2. The van der Waals surface area contributed by atoms with Gasteiger partial charge in [0.2, 0.25) is 0 Å². The maximum absolute atomic E-state index is 10.4. The van der Waals surface area contributed by atoms with Gasteiger partial charge >= 0.3 is 5.97 Å². The van der Waals surface area contributed by atoms with Gasteiger partial charge < -0.3 is 15.3 Å². The Morgan fingerprint density at radius 2 is 2.21 bits per heavy atom. The second kappa shape index (κ2) is 7.37. The normalized spacial score (nSPS) is 15.3. The van der Waals surface area contributed by atoms with Crippen molar-refractivity contribution < 1.29 is 20.1 Å². The standard InChI is InChI=1S/C13H19NO4S/c1-8(5-10-7-19-9(2)14-10)12(16)6-11(15)3-4-13(17)18/h5,7,11-12,15-16H,3-4,6H2,1-2H3,(H,17,18)/t11-,12-/m1/s1. The molecule has 19 heavy (non-hydrogen) atoms. The molecule has 1 aromatic rings. The lowest BCUT2D eigenvalue weighted by Gasteiger charge is -2.15. The van der Waals surface area contributed by atoms with Crippen LogP contribution >= 0.6 is 11.3 Å². The van der Waals surface area contributed by atoms with Gasteiger partial charge in [0.15, 0.2) is 0 Å². The molecule has 0 spiro atoms. The van der Waals surface area contributed by atoms with Crippen LogP contribution in [0.4, 0.5) is 0 Å². The quantitative estimate of drug-likeness (QED) is 0.711. The van der Waals surface area contributed by atoms with Crippen molar-refractivity contribution in [2.24, 2.45) is 0 Å². The monoisotopic (exact) mass is 285 g/mol. The first kappa shape index (κ1) is 15.8. The van der Waals surface area contributed by atoms with Gasteiger partial charge in [0.05, 0.1) is 22.9 Å². The lowest BCUT2D eigenvalue weighted by molar-refractivity contribution is -0.137. The molecule has 0 amide bonds. The maximum Gasteiger partial charge on any atom is 0.303 e. The van der Waals surface area contributed by atoms with E-state index in [2.05, 4.69) is 4.98 Å². The number of aromatic nitrogens is 1. The Kier molecular flexibility index (Phi) is 6.14. The molecule has 0 radical (unpaired) electrons. The number of carbonyl (C=O) groups is 1. The van der Waals surface area contributed by atoms with Crippen LogP contribution in [-0.4, -0.2) is 38.5 Å². The molecule has 0 aliphatic heterocycles. The molecule has 0 saturated carbocycles. The summed E-state index contributed by atoms with van der Waals surface area (Å²) in [5.41, 5.74) is 1.50. The van der Waals surface area contributed by atoms with Gasteiger partial charge in [0, 0.05) is 18.2 Å². The average molecular weight is 285 g/mol. The molecule has 0 aliphatic rings. The third-order valence-electron chi connectivity index (χ3n) is 2.72. The van der Waals surface area contributed by atoms with Gasteiger partial charge in [-0.1, -0.05) is 0 Å². The van der Waals surface area contributed by atoms with Crippen molar-refractivity contribution in [2.45, 2.75) is 45.3 Å². The largest absolute Gasteiger partial charge is 0.481 e. The molecule has 3 N–H and O–H groups in total. The molecule has 0 aromatic carbocycles. The van der Waals surface area contributed by atoms with E-state index in [9.17, 15) is 15.0 Å². The molecule has 1 aromatic heterocycles. The number of carboxylic acids is 1. The van der Waals surface area contributed by atoms with Crippen LogP contribution in [0.25, 0.3) is 6.08 Å². The number of aliphatic carboxylic acids is 1.